The van der Waals surface area contributed by atoms with E-state index in [9.17, 15) is 10.1 Å². The predicted molar refractivity (Wildman–Crippen MR) is 90.2 cm³/mol. The van der Waals surface area contributed by atoms with Gasteiger partial charge in [-0.3, -0.25) is 10.1 Å². The van der Waals surface area contributed by atoms with Crippen molar-refractivity contribution in [2.45, 2.75) is 0 Å². The van der Waals surface area contributed by atoms with Crippen molar-refractivity contribution in [2.24, 2.45) is 0 Å². The van der Waals surface area contributed by atoms with Crippen LogP contribution in [0.4, 0.5) is 5.69 Å². The lowest BCUT2D eigenvalue weighted by Gasteiger charge is -2.09. The predicted octanol–water partition coefficient (Wildman–Crippen LogP) is 4.78. The van der Waals surface area contributed by atoms with Crippen molar-refractivity contribution < 1.29 is 9.66 Å². The number of ether oxygens (including phenoxy) is 1. The molecule has 1 heterocycles. The number of aromatic nitrogens is 1. The van der Waals surface area contributed by atoms with E-state index in [0.717, 1.165) is 4.47 Å². The highest BCUT2D eigenvalue weighted by molar-refractivity contribution is 14.1. The fourth-order valence-corrected chi connectivity index (χ4v) is 3.24. The van der Waals surface area contributed by atoms with E-state index in [1.165, 1.54) is 18.3 Å². The zero-order chi connectivity index (χ0) is 15.6. The van der Waals surface area contributed by atoms with Gasteiger partial charge in [0.05, 0.1) is 24.6 Å². The fraction of sp³-hybridized carbons (Fsp3) is 0. The summed E-state index contributed by atoms with van der Waals surface area (Å²) in [5.41, 5.74) is -0.0867. The van der Waals surface area contributed by atoms with Gasteiger partial charge >= 0.3 is 5.69 Å². The molecule has 0 radical (unpaired) electrons. The molecule has 0 aliphatic rings. The van der Waals surface area contributed by atoms with Crippen LogP contribution in [0.2, 0.25) is 0 Å². The van der Waals surface area contributed by atoms with E-state index >= 15 is 0 Å². The Balaban J connectivity index is 2.53. The first-order valence-electron chi connectivity index (χ1n) is 5.29. The third-order valence-corrected chi connectivity index (χ3v) is 4.13. The van der Waals surface area contributed by atoms with Crippen molar-refractivity contribution in [1.29, 1.82) is 5.26 Å². The Morgan fingerprint density at radius 3 is 2.67 bits per heavy atom. The highest BCUT2D eigenvalue weighted by Crippen LogP contribution is 2.38. The molecule has 0 atom stereocenters. The molecular formula is C12H4Br2IN3O3. The van der Waals surface area contributed by atoms with Gasteiger partial charge < -0.3 is 4.74 Å². The minimum absolute atomic E-state index is 0.0510. The maximum atomic E-state index is 11.1. The highest BCUT2D eigenvalue weighted by Gasteiger charge is 2.22. The zero-order valence-electron chi connectivity index (χ0n) is 10.0. The van der Waals surface area contributed by atoms with Gasteiger partial charge in [-0.25, -0.2) is 4.98 Å². The van der Waals surface area contributed by atoms with Gasteiger partial charge in [-0.05, 0) is 66.6 Å². The number of nitro groups is 1. The van der Waals surface area contributed by atoms with Gasteiger partial charge in [0.15, 0.2) is 0 Å². The number of hydrogen-bond donors (Lipinski definition) is 0. The summed E-state index contributed by atoms with van der Waals surface area (Å²) in [6.07, 6.45) is 1.52. The lowest BCUT2D eigenvalue weighted by atomic mass is 10.2. The molecule has 0 spiro atoms. The Kier molecular flexibility index (Phi) is 5.13. The van der Waals surface area contributed by atoms with Crippen molar-refractivity contribution in [3.8, 4) is 17.7 Å². The monoisotopic (exact) mass is 523 g/mol. The zero-order valence-corrected chi connectivity index (χ0v) is 15.3. The van der Waals surface area contributed by atoms with Crippen LogP contribution >= 0.6 is 54.5 Å². The van der Waals surface area contributed by atoms with Crippen molar-refractivity contribution in [3.05, 3.63) is 52.6 Å². The summed E-state index contributed by atoms with van der Waals surface area (Å²) >= 11 is 8.42. The molecule has 21 heavy (non-hydrogen) atoms. The van der Waals surface area contributed by atoms with Crippen LogP contribution in [0.15, 0.2) is 33.3 Å². The Hall–Kier alpha value is -1.25. The van der Waals surface area contributed by atoms with E-state index in [-0.39, 0.29) is 22.9 Å². The fourth-order valence-electron chi connectivity index (χ4n) is 1.45. The van der Waals surface area contributed by atoms with Gasteiger partial charge in [0.1, 0.15) is 0 Å². The molecule has 0 N–H and O–H groups in total. The highest BCUT2D eigenvalue weighted by atomic mass is 127. The number of benzene rings is 1. The third kappa shape index (κ3) is 3.69. The summed E-state index contributed by atoms with van der Waals surface area (Å²) in [5, 5.41) is 20.0. The second-order valence-corrected chi connectivity index (χ2v) is 6.65. The Labute approximate surface area is 149 Å². The molecular weight excluding hydrogens is 521 g/mol. The molecule has 0 fully saturated rings. The first-order chi connectivity index (χ1) is 9.92. The normalized spacial score (nSPS) is 10.0. The first kappa shape index (κ1) is 16.1. The van der Waals surface area contributed by atoms with Crippen molar-refractivity contribution in [3.63, 3.8) is 0 Å². The molecule has 106 valence electrons. The van der Waals surface area contributed by atoms with Crippen LogP contribution in [0.3, 0.4) is 0 Å². The maximum Gasteiger partial charge on any atom is 0.314 e. The molecule has 0 amide bonds. The minimum atomic E-state index is -0.592. The Bertz CT molecular complexity index is 777. The molecule has 6 nitrogen and oxygen atoms in total. The largest absolute Gasteiger partial charge is 0.429 e. The molecule has 1 aromatic heterocycles. The number of halogens is 3. The standard InChI is InChI=1S/C12H4Br2IN3O3/c13-7-3-8(14)12(17-5-7)21-11-9(15)1-6(4-16)2-10(11)18(19)20/h1-3,5H. The number of pyridine rings is 1. The first-order valence-corrected chi connectivity index (χ1v) is 7.95. The Morgan fingerprint density at radius 2 is 2.10 bits per heavy atom. The van der Waals surface area contributed by atoms with Gasteiger partial charge in [-0.2, -0.15) is 5.26 Å². The van der Waals surface area contributed by atoms with Gasteiger partial charge in [0.2, 0.25) is 11.6 Å². The second-order valence-electron chi connectivity index (χ2n) is 3.72. The topological polar surface area (TPSA) is 89.0 Å². The average molecular weight is 525 g/mol. The van der Waals surface area contributed by atoms with Gasteiger partial charge in [0, 0.05) is 16.7 Å². The second kappa shape index (κ2) is 6.67. The quantitative estimate of drug-likeness (QED) is 0.327. The van der Waals surface area contributed by atoms with Crippen LogP contribution in [0.5, 0.6) is 11.6 Å². The summed E-state index contributed by atoms with van der Waals surface area (Å²) in [5.74, 6) is 0.249. The van der Waals surface area contributed by atoms with Crippen LogP contribution in [0.25, 0.3) is 0 Å². The summed E-state index contributed by atoms with van der Waals surface area (Å²) in [4.78, 5) is 14.6. The van der Waals surface area contributed by atoms with Gasteiger partial charge in [-0.1, -0.05) is 0 Å². The van der Waals surface area contributed by atoms with Crippen LogP contribution in [-0.4, -0.2) is 9.91 Å². The lowest BCUT2D eigenvalue weighted by Crippen LogP contribution is -1.98. The van der Waals surface area contributed by atoms with Crippen LogP contribution in [0.1, 0.15) is 5.56 Å². The Morgan fingerprint density at radius 1 is 1.38 bits per heavy atom. The number of nitriles is 1. The van der Waals surface area contributed by atoms with Crippen molar-refractivity contribution in [2.75, 3.05) is 0 Å². The third-order valence-electron chi connectivity index (χ3n) is 2.32. The molecule has 0 saturated heterocycles. The van der Waals surface area contributed by atoms with E-state index in [4.69, 9.17) is 10.00 Å². The molecule has 0 aliphatic heterocycles. The van der Waals surface area contributed by atoms with Crippen LogP contribution < -0.4 is 4.74 Å². The molecule has 0 aliphatic carbocycles. The molecule has 2 aromatic rings. The van der Waals surface area contributed by atoms with Crippen molar-refractivity contribution >= 4 is 60.1 Å². The molecule has 1 aromatic carbocycles. The molecule has 0 unspecified atom stereocenters. The van der Waals surface area contributed by atoms with Gasteiger partial charge in [0.25, 0.3) is 0 Å². The van der Waals surface area contributed by atoms with Gasteiger partial charge in [-0.15, -0.1) is 0 Å². The lowest BCUT2D eigenvalue weighted by molar-refractivity contribution is -0.385. The molecule has 9 heteroatoms. The van der Waals surface area contributed by atoms with E-state index in [1.807, 2.05) is 28.7 Å². The smallest absolute Gasteiger partial charge is 0.314 e. The molecule has 2 rings (SSSR count). The van der Waals surface area contributed by atoms with E-state index in [1.54, 1.807) is 6.07 Å². The SMILES string of the molecule is N#Cc1cc(I)c(Oc2ncc(Br)cc2Br)c([N+](=O)[O-])c1. The van der Waals surface area contributed by atoms with Crippen molar-refractivity contribution in [1.82, 2.24) is 4.98 Å². The summed E-state index contributed by atoms with van der Waals surface area (Å²) in [7, 11) is 0. The van der Waals surface area contributed by atoms with E-state index < -0.39 is 4.92 Å². The number of hydrogen-bond acceptors (Lipinski definition) is 5. The van der Waals surface area contributed by atoms with E-state index in [0.29, 0.717) is 8.04 Å². The summed E-state index contributed by atoms with van der Waals surface area (Å²) in [6, 6.07) is 6.27. The molecule has 0 saturated carbocycles. The molecule has 0 bridgehead atoms. The number of nitro benzene ring substituents is 1. The average Bonchev–Trinajstić information content (AvgIpc) is 2.42. The van der Waals surface area contributed by atoms with Crippen LogP contribution in [0, 0.1) is 25.0 Å². The summed E-state index contributed by atoms with van der Waals surface area (Å²) in [6.45, 7) is 0. The van der Waals surface area contributed by atoms with Crippen LogP contribution in [-0.2, 0) is 0 Å². The van der Waals surface area contributed by atoms with E-state index in [2.05, 4.69) is 36.8 Å². The number of nitrogens with zero attached hydrogens (tertiary/aromatic N) is 3. The minimum Gasteiger partial charge on any atom is -0.429 e. The number of rotatable bonds is 3. The summed E-state index contributed by atoms with van der Waals surface area (Å²) < 4.78 is 7.29. The maximum absolute atomic E-state index is 11.1.